The molecule has 0 spiro atoms. The highest BCUT2D eigenvalue weighted by Crippen LogP contribution is 2.21. The number of methoxy groups -OCH3 is 1. The summed E-state index contributed by atoms with van der Waals surface area (Å²) in [7, 11) is 3.25. The molecule has 0 aliphatic heterocycles. The van der Waals surface area contributed by atoms with Crippen LogP contribution in [0.25, 0.3) is 0 Å². The second-order valence-corrected chi connectivity index (χ2v) is 5.01. The molecule has 1 rings (SSSR count). The Balaban J connectivity index is 2.87. The van der Waals surface area contributed by atoms with Crippen molar-refractivity contribution in [3.05, 3.63) is 16.8 Å². The van der Waals surface area contributed by atoms with Crippen LogP contribution in [0.3, 0.4) is 0 Å². The topological polar surface area (TPSA) is 81.3 Å². The normalized spacial score (nSPS) is 10.2. The van der Waals surface area contributed by atoms with E-state index in [1.54, 1.807) is 0 Å². The van der Waals surface area contributed by atoms with Gasteiger partial charge in [0, 0.05) is 20.0 Å². The van der Waals surface area contributed by atoms with Gasteiger partial charge >= 0.3 is 5.97 Å². The Morgan fingerprint density at radius 1 is 1.40 bits per heavy atom. The minimum Gasteiger partial charge on any atom is -0.469 e. The van der Waals surface area contributed by atoms with E-state index in [-0.39, 0.29) is 5.97 Å². The summed E-state index contributed by atoms with van der Waals surface area (Å²) >= 11 is 5.10. The number of rotatable bonds is 6. The molecule has 0 aliphatic carbocycles. The molecule has 2 N–H and O–H groups in total. The summed E-state index contributed by atoms with van der Waals surface area (Å²) in [5, 5.41) is 8.27. The van der Waals surface area contributed by atoms with Crippen molar-refractivity contribution in [2.75, 3.05) is 25.6 Å². The van der Waals surface area contributed by atoms with Crippen molar-refractivity contribution in [2.45, 2.75) is 26.7 Å². The SMILES string of the molecule is COC(=O)CCCN(C)c1nnc(C)c(C)c1C(N)=S. The highest BCUT2D eigenvalue weighted by Gasteiger charge is 2.17. The van der Waals surface area contributed by atoms with Crippen molar-refractivity contribution in [1.82, 2.24) is 10.2 Å². The van der Waals surface area contributed by atoms with Gasteiger partial charge in [0.2, 0.25) is 0 Å². The summed E-state index contributed by atoms with van der Waals surface area (Å²) in [4.78, 5) is 13.3. The summed E-state index contributed by atoms with van der Waals surface area (Å²) in [5.74, 6) is 0.421. The number of carbonyl (C=O) groups is 1. The van der Waals surface area contributed by atoms with Gasteiger partial charge in [-0.25, -0.2) is 0 Å². The van der Waals surface area contributed by atoms with E-state index < -0.39 is 0 Å². The monoisotopic (exact) mass is 296 g/mol. The summed E-state index contributed by atoms with van der Waals surface area (Å²) in [6.07, 6.45) is 1.02. The van der Waals surface area contributed by atoms with E-state index in [0.29, 0.717) is 30.2 Å². The van der Waals surface area contributed by atoms with Crippen molar-refractivity contribution in [2.24, 2.45) is 5.73 Å². The summed E-state index contributed by atoms with van der Waals surface area (Å²) in [5.41, 5.74) is 8.26. The highest BCUT2D eigenvalue weighted by atomic mass is 32.1. The zero-order valence-corrected chi connectivity index (χ0v) is 13.1. The molecule has 1 aromatic rings. The molecule has 0 unspecified atom stereocenters. The lowest BCUT2D eigenvalue weighted by molar-refractivity contribution is -0.140. The number of ether oxygens (including phenoxy) is 1. The maximum absolute atomic E-state index is 11.1. The second-order valence-electron chi connectivity index (χ2n) is 4.57. The first-order chi connectivity index (χ1) is 9.38. The molecule has 0 aromatic carbocycles. The van der Waals surface area contributed by atoms with Crippen molar-refractivity contribution < 1.29 is 9.53 Å². The number of nitrogens with two attached hydrogens (primary N) is 1. The zero-order chi connectivity index (χ0) is 15.3. The molecule has 0 saturated carbocycles. The molecular weight excluding hydrogens is 276 g/mol. The average Bonchev–Trinajstić information content (AvgIpc) is 2.40. The van der Waals surface area contributed by atoms with E-state index in [1.165, 1.54) is 7.11 Å². The maximum atomic E-state index is 11.1. The van der Waals surface area contributed by atoms with E-state index in [0.717, 1.165) is 16.8 Å². The summed E-state index contributed by atoms with van der Waals surface area (Å²) in [6, 6.07) is 0. The fourth-order valence-electron chi connectivity index (χ4n) is 1.83. The van der Waals surface area contributed by atoms with Gasteiger partial charge in [-0.15, -0.1) is 5.10 Å². The van der Waals surface area contributed by atoms with Crippen LogP contribution in [-0.2, 0) is 9.53 Å². The van der Waals surface area contributed by atoms with Crippen LogP contribution in [0.2, 0.25) is 0 Å². The molecule has 0 aliphatic rings. The minimum atomic E-state index is -0.223. The Morgan fingerprint density at radius 2 is 2.05 bits per heavy atom. The molecule has 1 aromatic heterocycles. The van der Waals surface area contributed by atoms with Crippen LogP contribution in [0.5, 0.6) is 0 Å². The smallest absolute Gasteiger partial charge is 0.305 e. The number of hydrogen-bond donors (Lipinski definition) is 1. The minimum absolute atomic E-state index is 0.223. The van der Waals surface area contributed by atoms with Crippen molar-refractivity contribution in [3.63, 3.8) is 0 Å². The lowest BCUT2D eigenvalue weighted by atomic mass is 10.1. The second kappa shape index (κ2) is 7.14. The lowest BCUT2D eigenvalue weighted by Crippen LogP contribution is -2.26. The van der Waals surface area contributed by atoms with Gasteiger partial charge in [0.1, 0.15) is 4.99 Å². The molecule has 1 heterocycles. The molecule has 110 valence electrons. The highest BCUT2D eigenvalue weighted by molar-refractivity contribution is 7.80. The average molecular weight is 296 g/mol. The first kappa shape index (κ1) is 16.3. The number of aryl methyl sites for hydroxylation is 1. The van der Waals surface area contributed by atoms with Gasteiger partial charge in [0.05, 0.1) is 18.4 Å². The third kappa shape index (κ3) is 3.86. The number of nitrogens with zero attached hydrogens (tertiary/aromatic N) is 3. The maximum Gasteiger partial charge on any atom is 0.305 e. The first-order valence-corrected chi connectivity index (χ1v) is 6.71. The Kier molecular flexibility index (Phi) is 5.82. The number of hydrogen-bond acceptors (Lipinski definition) is 6. The number of anilines is 1. The molecule has 20 heavy (non-hydrogen) atoms. The van der Waals surface area contributed by atoms with E-state index in [2.05, 4.69) is 14.9 Å². The molecule has 0 amide bonds. The van der Waals surface area contributed by atoms with Crippen LogP contribution in [-0.4, -0.2) is 41.9 Å². The summed E-state index contributed by atoms with van der Waals surface area (Å²) in [6.45, 7) is 4.43. The van der Waals surface area contributed by atoms with Crippen molar-refractivity contribution in [3.8, 4) is 0 Å². The molecule has 0 radical (unpaired) electrons. The summed E-state index contributed by atoms with van der Waals surface area (Å²) < 4.78 is 4.61. The van der Waals surface area contributed by atoms with Crippen LogP contribution >= 0.6 is 12.2 Å². The van der Waals surface area contributed by atoms with Gasteiger partial charge in [-0.3, -0.25) is 4.79 Å². The van der Waals surface area contributed by atoms with Gasteiger partial charge in [-0.1, -0.05) is 12.2 Å². The van der Waals surface area contributed by atoms with E-state index in [4.69, 9.17) is 18.0 Å². The first-order valence-electron chi connectivity index (χ1n) is 6.30. The molecule has 6 nitrogen and oxygen atoms in total. The largest absolute Gasteiger partial charge is 0.469 e. The number of aromatic nitrogens is 2. The molecule has 0 atom stereocenters. The molecule has 0 saturated heterocycles. The van der Waals surface area contributed by atoms with Crippen LogP contribution in [0.1, 0.15) is 29.7 Å². The van der Waals surface area contributed by atoms with E-state index in [1.807, 2.05) is 25.8 Å². The molecular formula is C13H20N4O2S. The Bertz CT molecular complexity index is 519. The fourth-order valence-corrected chi connectivity index (χ4v) is 2.07. The van der Waals surface area contributed by atoms with Crippen LogP contribution in [0, 0.1) is 13.8 Å². The quantitative estimate of drug-likeness (QED) is 0.622. The van der Waals surface area contributed by atoms with Crippen LogP contribution < -0.4 is 10.6 Å². The van der Waals surface area contributed by atoms with Gasteiger partial charge < -0.3 is 15.4 Å². The Morgan fingerprint density at radius 3 is 2.60 bits per heavy atom. The van der Waals surface area contributed by atoms with E-state index in [9.17, 15) is 4.79 Å². The Labute approximate surface area is 124 Å². The van der Waals surface area contributed by atoms with Gasteiger partial charge in [0.15, 0.2) is 5.82 Å². The van der Waals surface area contributed by atoms with Crippen molar-refractivity contribution in [1.29, 1.82) is 0 Å². The number of thiocarbonyl (C=S) groups is 1. The third-order valence-corrected chi connectivity index (χ3v) is 3.35. The van der Waals surface area contributed by atoms with Gasteiger partial charge in [0.25, 0.3) is 0 Å². The third-order valence-electron chi connectivity index (χ3n) is 3.15. The van der Waals surface area contributed by atoms with Crippen molar-refractivity contribution >= 4 is 29.0 Å². The Hall–Kier alpha value is -1.76. The van der Waals surface area contributed by atoms with E-state index >= 15 is 0 Å². The zero-order valence-electron chi connectivity index (χ0n) is 12.3. The fraction of sp³-hybridized carbons (Fsp3) is 0.538. The standard InChI is InChI=1S/C13H20N4O2S/c1-8-9(2)15-16-13(11(8)12(14)20)17(3)7-5-6-10(18)19-4/h5-7H2,1-4H3,(H2,14,20). The number of carbonyl (C=O) groups excluding carboxylic acids is 1. The van der Waals surface area contributed by atoms with Crippen LogP contribution in [0.15, 0.2) is 0 Å². The predicted molar refractivity (Wildman–Crippen MR) is 81.9 cm³/mol. The van der Waals surface area contributed by atoms with Gasteiger partial charge in [-0.05, 0) is 25.8 Å². The lowest BCUT2D eigenvalue weighted by Gasteiger charge is -2.21. The van der Waals surface area contributed by atoms with Gasteiger partial charge in [-0.2, -0.15) is 5.10 Å². The number of esters is 1. The predicted octanol–water partition coefficient (Wildman–Crippen LogP) is 1.12. The molecule has 0 fully saturated rings. The van der Waals surface area contributed by atoms with Crippen LogP contribution in [0.4, 0.5) is 5.82 Å². The molecule has 7 heteroatoms. The molecule has 0 bridgehead atoms.